The van der Waals surface area contributed by atoms with Crippen LogP contribution in [-0.2, 0) is 94.3 Å². The van der Waals surface area contributed by atoms with Crippen LogP contribution in [0.1, 0.15) is 115 Å². The molecule has 0 aromatic heterocycles. The van der Waals surface area contributed by atoms with E-state index < -0.39 is 237 Å². The van der Waals surface area contributed by atoms with Crippen LogP contribution in [0.15, 0.2) is 54.6 Å². The summed E-state index contributed by atoms with van der Waals surface area (Å²) in [5.74, 6) is -21.7. The quantitative estimate of drug-likeness (QED) is 0.0166. The molecule has 29 N–H and O–H groups in total. The first-order chi connectivity index (χ1) is 50.3. The highest BCUT2D eigenvalue weighted by atomic mass is 16.4. The molecule has 107 heavy (non-hydrogen) atoms. The van der Waals surface area contributed by atoms with E-state index in [1.165, 1.54) is 38.1 Å². The third-order valence-corrected chi connectivity index (χ3v) is 16.3. The Hall–Kier alpha value is -12.3. The van der Waals surface area contributed by atoms with E-state index in [1.807, 2.05) is 0 Å². The van der Waals surface area contributed by atoms with Gasteiger partial charge in [-0.25, -0.2) is 4.79 Å². The summed E-state index contributed by atoms with van der Waals surface area (Å²) in [4.78, 5) is 227. The minimum Gasteiger partial charge on any atom is -0.508 e. The summed E-state index contributed by atoms with van der Waals surface area (Å²) in [6.07, 6.45) is -6.48. The number of benzene rings is 2. The molecule has 1 heterocycles. The zero-order valence-corrected chi connectivity index (χ0v) is 58.8. The van der Waals surface area contributed by atoms with Gasteiger partial charge in [-0.15, -0.1) is 0 Å². The number of nitrogens with zero attached hydrogens (tertiary/aromatic N) is 1. The minimum absolute atomic E-state index is 0.0368. The van der Waals surface area contributed by atoms with Crippen LogP contribution in [-0.4, -0.2) is 236 Å². The van der Waals surface area contributed by atoms with Gasteiger partial charge in [0.25, 0.3) is 0 Å². The van der Waals surface area contributed by atoms with Crippen LogP contribution >= 0.6 is 0 Å². The van der Waals surface area contributed by atoms with Crippen molar-refractivity contribution in [3.05, 3.63) is 65.7 Å². The van der Waals surface area contributed by atoms with Gasteiger partial charge in [-0.3, -0.25) is 87.5 Å². The van der Waals surface area contributed by atoms with E-state index in [0.29, 0.717) is 11.1 Å². The zero-order valence-electron chi connectivity index (χ0n) is 58.8. The topological polar surface area (TPSA) is 717 Å². The Bertz CT molecular complexity index is 3530. The van der Waals surface area contributed by atoms with Gasteiger partial charge in [0.1, 0.15) is 66.2 Å². The summed E-state index contributed by atoms with van der Waals surface area (Å²) < 4.78 is 0. The number of aliphatic carboxylic acids is 4. The maximum atomic E-state index is 14.6. The molecule has 0 unspecified atom stereocenters. The average molecular weight is 1510 g/mol. The highest BCUT2D eigenvalue weighted by Crippen LogP contribution is 2.21. The smallest absolute Gasteiger partial charge is 0.326 e. The predicted octanol–water partition coefficient (Wildman–Crippen LogP) is -7.41. The van der Waals surface area contributed by atoms with E-state index in [1.54, 1.807) is 30.3 Å². The number of phenolic OH excluding ortho intramolecular Hbond substituents is 1. The molecular weight excluding hydrogens is 1410 g/mol. The summed E-state index contributed by atoms with van der Waals surface area (Å²) in [7, 11) is 0. The number of hydrogen-bond acceptors (Lipinski definition) is 21. The van der Waals surface area contributed by atoms with Gasteiger partial charge in [-0.2, -0.15) is 0 Å². The second-order valence-corrected chi connectivity index (χ2v) is 25.3. The van der Waals surface area contributed by atoms with Crippen molar-refractivity contribution in [3.8, 4) is 5.75 Å². The first-order valence-corrected chi connectivity index (χ1v) is 33.8. The van der Waals surface area contributed by atoms with E-state index in [9.17, 15) is 102 Å². The molecule has 13 amide bonds. The number of guanidine groups is 2. The van der Waals surface area contributed by atoms with Crippen molar-refractivity contribution in [1.29, 1.82) is 10.8 Å². The van der Waals surface area contributed by atoms with Crippen molar-refractivity contribution in [1.82, 2.24) is 68.7 Å². The van der Waals surface area contributed by atoms with Crippen molar-refractivity contribution in [3.63, 3.8) is 0 Å². The lowest BCUT2D eigenvalue weighted by atomic mass is 10.0. The number of amides is 13. The molecule has 0 bridgehead atoms. The number of primary amides is 2. The Morgan fingerprint density at radius 1 is 0.477 bits per heavy atom. The molecule has 42 nitrogen and oxygen atoms in total. The number of carboxylic acids is 4. The van der Waals surface area contributed by atoms with Crippen LogP contribution in [0, 0.1) is 16.7 Å². The molecule has 1 saturated heterocycles. The van der Waals surface area contributed by atoms with Gasteiger partial charge in [0.2, 0.25) is 76.8 Å². The van der Waals surface area contributed by atoms with Gasteiger partial charge >= 0.3 is 23.9 Å². The van der Waals surface area contributed by atoms with E-state index in [0.717, 1.165) is 4.90 Å². The van der Waals surface area contributed by atoms with Crippen LogP contribution < -0.4 is 92.5 Å². The van der Waals surface area contributed by atoms with E-state index in [4.69, 9.17) is 44.6 Å². The molecule has 1 aliphatic rings. The minimum atomic E-state index is -1.92. The lowest BCUT2D eigenvalue weighted by Gasteiger charge is -2.30. The maximum absolute atomic E-state index is 14.6. The number of phenols is 1. The molecule has 11 atom stereocenters. The fourth-order valence-corrected chi connectivity index (χ4v) is 10.7. The maximum Gasteiger partial charge on any atom is 0.326 e. The van der Waals surface area contributed by atoms with Crippen LogP contribution in [0.3, 0.4) is 0 Å². The van der Waals surface area contributed by atoms with Crippen molar-refractivity contribution in [2.45, 2.75) is 183 Å². The monoisotopic (exact) mass is 1510 g/mol. The molecule has 0 saturated carbocycles. The van der Waals surface area contributed by atoms with E-state index in [2.05, 4.69) is 63.8 Å². The number of rotatable bonds is 48. The molecule has 0 spiro atoms. The number of likely N-dealkylation sites (tertiary alicyclic amines) is 1. The summed E-state index contributed by atoms with van der Waals surface area (Å²) in [6, 6.07) is -4.95. The second kappa shape index (κ2) is 45.1. The average Bonchev–Trinajstić information content (AvgIpc) is 1.77. The van der Waals surface area contributed by atoms with Crippen molar-refractivity contribution < 1.29 is 107 Å². The Morgan fingerprint density at radius 3 is 1.43 bits per heavy atom. The first kappa shape index (κ1) is 88.9. The second-order valence-electron chi connectivity index (χ2n) is 25.3. The zero-order chi connectivity index (χ0) is 80.2. The SMILES string of the molecule is CC(C)[C@H](NC(=O)[C@H](CCC(N)=O)NC(=O)[C@H](CCC(=O)O)NC(=O)[C@H](CCCNC(=N)N)NC(=O)[C@@H]1CCCN1C(=O)[C@H](CCC(N)=O)NC(=O)CNC(=O)[C@H](Cc1ccc(O)cc1)NC(=O)[C@H](Cc1ccccc1)NC(=O)[C@H](CC(=O)O)NC(=O)[C@@H](N)CC(=O)O)C(=O)N[C@@H](CCCNC(=N)N)C(=O)O. The lowest BCUT2D eigenvalue weighted by Crippen LogP contribution is -2.60. The van der Waals surface area contributed by atoms with Gasteiger partial charge in [-0.1, -0.05) is 56.3 Å². The number of nitrogens with one attached hydrogen (secondary N) is 14. The van der Waals surface area contributed by atoms with Gasteiger partial charge in [0, 0.05) is 51.7 Å². The molecular formula is C65H96N20O22. The molecule has 0 aliphatic carbocycles. The molecule has 588 valence electrons. The van der Waals surface area contributed by atoms with Crippen LogP contribution in [0.4, 0.5) is 0 Å². The van der Waals surface area contributed by atoms with Crippen molar-refractivity contribution >= 4 is 113 Å². The number of nitrogens with two attached hydrogens (primary N) is 5. The standard InChI is InChI=1S/C65H96N20O22/c1-32(2)52(61(104)80-41(63(106)107)12-7-25-74-65(71)72)84-57(100)38(18-21-46(67)87)77-56(99)39(20-23-49(90)91)78-55(98)37(11-6-24-73-64(69)70)79-60(103)45-13-8-26-85(45)62(105)40(19-22-47(68)88)76-48(89)31-75-54(97)42(28-34-14-16-35(86)17-15-34)82-58(101)43(27-33-9-4-3-5-10-33)83-59(102)44(30-51(94)95)81-53(96)36(66)29-50(92)93/h3-5,9-10,14-17,32,36-45,52,86H,6-8,11-13,18-31,66H2,1-2H3,(H2,67,87)(H2,68,88)(H,75,97)(H,76,89)(H,77,99)(H,78,98)(H,79,103)(H,80,104)(H,81,96)(H,82,101)(H,83,102)(H,84,100)(H,90,91)(H,92,93)(H,94,95)(H,106,107)(H4,69,70,73)(H4,71,72,74)/t36-,37-,38-,39-,40-,41-,42-,43-,44-,45-,52-/m0/s1. The Labute approximate surface area is 612 Å². The first-order valence-electron chi connectivity index (χ1n) is 33.8. The molecule has 0 radical (unpaired) electrons. The van der Waals surface area contributed by atoms with Gasteiger partial charge in [0.05, 0.1) is 25.4 Å². The number of aromatic hydroxyl groups is 1. The molecule has 1 aliphatic heterocycles. The van der Waals surface area contributed by atoms with Crippen LogP contribution in [0.25, 0.3) is 0 Å². The predicted molar refractivity (Wildman–Crippen MR) is 374 cm³/mol. The number of carboxylic acid groups (broad SMARTS) is 4. The number of carbonyl (C=O) groups is 17. The van der Waals surface area contributed by atoms with Gasteiger partial charge < -0.3 is 123 Å². The summed E-state index contributed by atoms with van der Waals surface area (Å²) in [5, 5.41) is 92.0. The normalized spacial score (nSPS) is 15.1. The third kappa shape index (κ3) is 33.4. The van der Waals surface area contributed by atoms with Crippen molar-refractivity contribution in [2.75, 3.05) is 26.2 Å². The summed E-state index contributed by atoms with van der Waals surface area (Å²) in [5.41, 5.74) is 28.0. The molecule has 1 fully saturated rings. The van der Waals surface area contributed by atoms with E-state index >= 15 is 0 Å². The Morgan fingerprint density at radius 2 is 0.925 bits per heavy atom. The van der Waals surface area contributed by atoms with Crippen LogP contribution in [0.2, 0.25) is 0 Å². The van der Waals surface area contributed by atoms with Gasteiger partial charge in [-0.05, 0) is 87.0 Å². The van der Waals surface area contributed by atoms with Crippen LogP contribution in [0.5, 0.6) is 5.75 Å². The highest BCUT2D eigenvalue weighted by molar-refractivity contribution is 6.00. The van der Waals surface area contributed by atoms with Gasteiger partial charge in [0.15, 0.2) is 11.9 Å². The highest BCUT2D eigenvalue weighted by Gasteiger charge is 2.41. The largest absolute Gasteiger partial charge is 0.508 e. The lowest BCUT2D eigenvalue weighted by molar-refractivity contribution is -0.143. The molecule has 2 aromatic rings. The molecule has 2 aromatic carbocycles. The number of carbonyl (C=O) groups excluding carboxylic acids is 13. The fourth-order valence-electron chi connectivity index (χ4n) is 10.7. The third-order valence-electron chi connectivity index (χ3n) is 16.3. The summed E-state index contributed by atoms with van der Waals surface area (Å²) >= 11 is 0. The summed E-state index contributed by atoms with van der Waals surface area (Å²) in [6.45, 7) is 1.89. The molecule has 42 heteroatoms. The van der Waals surface area contributed by atoms with Crippen molar-refractivity contribution in [2.24, 2.45) is 34.6 Å². The van der Waals surface area contributed by atoms with E-state index in [-0.39, 0.29) is 82.7 Å². The Balaban J connectivity index is 1.93. The number of hydrogen-bond donors (Lipinski definition) is 24. The fraction of sp³-hybridized carbons (Fsp3) is 0.523. The Kier molecular flexibility index (Phi) is 37.5. The molecule has 3 rings (SSSR count).